The number of aryl methyl sites for hydroxylation is 1. The lowest BCUT2D eigenvalue weighted by Gasteiger charge is -2.21. The van der Waals surface area contributed by atoms with Gasteiger partial charge in [-0.3, -0.25) is 0 Å². The zero-order valence-electron chi connectivity index (χ0n) is 15.9. The van der Waals surface area contributed by atoms with E-state index < -0.39 is 5.97 Å². The predicted molar refractivity (Wildman–Crippen MR) is 109 cm³/mol. The second kappa shape index (κ2) is 8.42. The summed E-state index contributed by atoms with van der Waals surface area (Å²) in [7, 11) is 0. The third-order valence-corrected chi connectivity index (χ3v) is 5.67. The molecule has 0 spiro atoms. The Balaban J connectivity index is 1.46. The van der Waals surface area contributed by atoms with E-state index in [9.17, 15) is 4.79 Å². The third-order valence-electron chi connectivity index (χ3n) is 5.67. The molecule has 1 fully saturated rings. The highest BCUT2D eigenvalue weighted by atomic mass is 16.4. The average Bonchev–Trinajstić information content (AvgIpc) is 3.24. The first-order valence-electron chi connectivity index (χ1n) is 10.1. The molecule has 3 aromatic rings. The average molecular weight is 375 g/mol. The van der Waals surface area contributed by atoms with Gasteiger partial charge in [0.15, 0.2) is 0 Å². The largest absolute Gasteiger partial charge is 0.478 e. The Bertz CT molecular complexity index is 936. The van der Waals surface area contributed by atoms with Crippen LogP contribution in [-0.2, 0) is 6.42 Å². The van der Waals surface area contributed by atoms with Crippen LogP contribution in [0.3, 0.4) is 0 Å². The fraction of sp³-hybridized carbons (Fsp3) is 0.333. The number of aromatic carboxylic acids is 1. The fourth-order valence-electron chi connectivity index (χ4n) is 4.03. The third kappa shape index (κ3) is 4.33. The van der Waals surface area contributed by atoms with Crippen molar-refractivity contribution >= 4 is 5.97 Å². The molecular formula is C24H25NO3. The Kier molecular flexibility index (Phi) is 5.56. The maximum Gasteiger partial charge on any atom is 0.335 e. The maximum absolute atomic E-state index is 11.0. The van der Waals surface area contributed by atoms with Gasteiger partial charge in [-0.25, -0.2) is 9.78 Å². The summed E-state index contributed by atoms with van der Waals surface area (Å²) in [6.45, 7) is 0. The predicted octanol–water partition coefficient (Wildman–Crippen LogP) is 6.22. The normalized spacial score (nSPS) is 14.9. The van der Waals surface area contributed by atoms with E-state index in [1.807, 2.05) is 0 Å². The molecule has 4 nitrogen and oxygen atoms in total. The van der Waals surface area contributed by atoms with Gasteiger partial charge in [0.2, 0.25) is 5.89 Å². The Morgan fingerprint density at radius 3 is 2.57 bits per heavy atom. The molecule has 144 valence electrons. The standard InChI is InChI=1S/C24H25NO3/c26-24(27)20-13-11-19(12-14-20)23-25-22(16-28-23)21-8-4-7-18(15-21)10-9-17-5-2-1-3-6-17/h4,7-8,11-17H,1-3,5-6,9-10H2,(H,26,27). The van der Waals surface area contributed by atoms with Crippen molar-refractivity contribution in [3.8, 4) is 22.7 Å². The zero-order valence-corrected chi connectivity index (χ0v) is 15.9. The van der Waals surface area contributed by atoms with Crippen LogP contribution in [0.1, 0.15) is 54.4 Å². The minimum absolute atomic E-state index is 0.251. The molecule has 0 amide bonds. The van der Waals surface area contributed by atoms with Gasteiger partial charge in [-0.1, -0.05) is 50.3 Å². The summed E-state index contributed by atoms with van der Waals surface area (Å²) in [5, 5.41) is 9.01. The Morgan fingerprint density at radius 2 is 1.82 bits per heavy atom. The number of carbonyl (C=O) groups is 1. The van der Waals surface area contributed by atoms with Crippen LogP contribution in [0.4, 0.5) is 0 Å². The van der Waals surface area contributed by atoms with Crippen molar-refractivity contribution in [1.29, 1.82) is 0 Å². The van der Waals surface area contributed by atoms with Crippen molar-refractivity contribution in [2.24, 2.45) is 5.92 Å². The van der Waals surface area contributed by atoms with E-state index in [1.165, 1.54) is 44.1 Å². The fourth-order valence-corrected chi connectivity index (χ4v) is 4.03. The number of rotatable bonds is 6. The summed E-state index contributed by atoms with van der Waals surface area (Å²) >= 11 is 0. The smallest absolute Gasteiger partial charge is 0.335 e. The van der Waals surface area contributed by atoms with Crippen LogP contribution in [0.5, 0.6) is 0 Å². The summed E-state index contributed by atoms with van der Waals surface area (Å²) < 4.78 is 5.64. The molecule has 0 atom stereocenters. The molecule has 1 aromatic heterocycles. The van der Waals surface area contributed by atoms with Crippen LogP contribution in [0.25, 0.3) is 22.7 Å². The van der Waals surface area contributed by atoms with Crippen molar-refractivity contribution in [1.82, 2.24) is 4.98 Å². The van der Waals surface area contributed by atoms with Gasteiger partial charge in [0.1, 0.15) is 12.0 Å². The van der Waals surface area contributed by atoms with Crippen LogP contribution in [0.15, 0.2) is 59.2 Å². The Hall–Kier alpha value is -2.88. The highest BCUT2D eigenvalue weighted by Gasteiger charge is 2.14. The minimum Gasteiger partial charge on any atom is -0.478 e. The lowest BCUT2D eigenvalue weighted by molar-refractivity contribution is 0.0697. The first-order chi connectivity index (χ1) is 13.7. The minimum atomic E-state index is -0.940. The van der Waals surface area contributed by atoms with E-state index in [4.69, 9.17) is 9.52 Å². The van der Waals surface area contributed by atoms with Crippen molar-refractivity contribution < 1.29 is 14.3 Å². The SMILES string of the molecule is O=C(O)c1ccc(-c2nc(-c3cccc(CCC4CCCCC4)c3)co2)cc1. The molecule has 0 aliphatic heterocycles. The first-order valence-corrected chi connectivity index (χ1v) is 10.1. The Morgan fingerprint density at radius 1 is 1.04 bits per heavy atom. The van der Waals surface area contributed by atoms with Gasteiger partial charge < -0.3 is 9.52 Å². The molecule has 1 aliphatic rings. The van der Waals surface area contributed by atoms with Crippen LogP contribution in [-0.4, -0.2) is 16.1 Å². The first kappa shape index (κ1) is 18.5. The van der Waals surface area contributed by atoms with Gasteiger partial charge in [-0.2, -0.15) is 0 Å². The van der Waals surface area contributed by atoms with E-state index in [-0.39, 0.29) is 5.56 Å². The molecule has 0 saturated heterocycles. The number of carboxylic acid groups (broad SMARTS) is 1. The molecule has 4 heteroatoms. The number of benzene rings is 2. The molecule has 1 aliphatic carbocycles. The lowest BCUT2D eigenvalue weighted by Crippen LogP contribution is -2.07. The summed E-state index contributed by atoms with van der Waals surface area (Å²) in [4.78, 5) is 15.6. The quantitative estimate of drug-likeness (QED) is 0.555. The van der Waals surface area contributed by atoms with Gasteiger partial charge >= 0.3 is 5.97 Å². The van der Waals surface area contributed by atoms with Gasteiger partial charge in [-0.15, -0.1) is 0 Å². The van der Waals surface area contributed by atoms with Crippen LogP contribution in [0, 0.1) is 5.92 Å². The van der Waals surface area contributed by atoms with Gasteiger partial charge in [0.05, 0.1) is 5.56 Å². The monoisotopic (exact) mass is 375 g/mol. The molecule has 4 rings (SSSR count). The van der Waals surface area contributed by atoms with E-state index >= 15 is 0 Å². The van der Waals surface area contributed by atoms with E-state index in [2.05, 4.69) is 29.2 Å². The van der Waals surface area contributed by atoms with Crippen LogP contribution in [0.2, 0.25) is 0 Å². The molecule has 2 aromatic carbocycles. The molecule has 0 bridgehead atoms. The second-order valence-electron chi connectivity index (χ2n) is 7.66. The molecule has 1 heterocycles. The van der Waals surface area contributed by atoms with Gasteiger partial charge in [0.25, 0.3) is 0 Å². The molecular weight excluding hydrogens is 350 g/mol. The molecule has 28 heavy (non-hydrogen) atoms. The molecule has 0 radical (unpaired) electrons. The highest BCUT2D eigenvalue weighted by Crippen LogP contribution is 2.29. The maximum atomic E-state index is 11.0. The number of hydrogen-bond acceptors (Lipinski definition) is 3. The summed E-state index contributed by atoms with van der Waals surface area (Å²) in [6.07, 6.45) is 11.0. The molecule has 0 unspecified atom stereocenters. The highest BCUT2D eigenvalue weighted by molar-refractivity contribution is 5.88. The van der Waals surface area contributed by atoms with Crippen molar-refractivity contribution in [3.05, 3.63) is 65.9 Å². The molecule has 1 saturated carbocycles. The van der Waals surface area contributed by atoms with Gasteiger partial charge in [-0.05, 0) is 54.7 Å². The summed E-state index contributed by atoms with van der Waals surface area (Å²) in [6, 6.07) is 15.1. The van der Waals surface area contributed by atoms with Crippen molar-refractivity contribution in [2.45, 2.75) is 44.9 Å². The van der Waals surface area contributed by atoms with Crippen molar-refractivity contribution in [2.75, 3.05) is 0 Å². The number of carboxylic acids is 1. The summed E-state index contributed by atoms with van der Waals surface area (Å²) in [5.41, 5.74) is 4.22. The second-order valence-corrected chi connectivity index (χ2v) is 7.66. The Labute approximate surface area is 165 Å². The van der Waals surface area contributed by atoms with Crippen LogP contribution < -0.4 is 0 Å². The number of nitrogens with zero attached hydrogens (tertiary/aromatic N) is 1. The number of oxazole rings is 1. The summed E-state index contributed by atoms with van der Waals surface area (Å²) in [5.74, 6) is 0.439. The lowest BCUT2D eigenvalue weighted by atomic mass is 9.85. The van der Waals surface area contributed by atoms with Crippen LogP contribution >= 0.6 is 0 Å². The molecule has 1 N–H and O–H groups in total. The van der Waals surface area contributed by atoms with Crippen molar-refractivity contribution in [3.63, 3.8) is 0 Å². The number of aromatic nitrogens is 1. The zero-order chi connectivity index (χ0) is 19.3. The van der Waals surface area contributed by atoms with E-state index in [0.29, 0.717) is 5.89 Å². The number of hydrogen-bond donors (Lipinski definition) is 1. The topological polar surface area (TPSA) is 63.3 Å². The van der Waals surface area contributed by atoms with E-state index in [1.54, 1.807) is 30.5 Å². The van der Waals surface area contributed by atoms with Gasteiger partial charge in [0, 0.05) is 11.1 Å². The van der Waals surface area contributed by atoms with E-state index in [0.717, 1.165) is 29.2 Å².